The van der Waals surface area contributed by atoms with Gasteiger partial charge in [0.2, 0.25) is 0 Å². The number of fused-ring (bicyclic) bond motifs is 2. The first kappa shape index (κ1) is 22.4. The lowest BCUT2D eigenvalue weighted by Crippen LogP contribution is -2.28. The lowest BCUT2D eigenvalue weighted by atomic mass is 9.79. The van der Waals surface area contributed by atoms with Gasteiger partial charge in [0.15, 0.2) is 0 Å². The molecular formula is C27H26IN3O. The molecule has 4 aromatic rings. The highest BCUT2D eigenvalue weighted by Gasteiger charge is 2.27. The Kier molecular flexibility index (Phi) is 6.55. The van der Waals surface area contributed by atoms with Crippen LogP contribution in [0.3, 0.4) is 0 Å². The topological polar surface area (TPSA) is 47.4 Å². The molecule has 4 rings (SSSR count). The van der Waals surface area contributed by atoms with Gasteiger partial charge < -0.3 is 4.74 Å². The minimum Gasteiger partial charge on any atom is -0.492 e. The second kappa shape index (κ2) is 9.36. The first-order valence-corrected chi connectivity index (χ1v) is 11.8. The minimum absolute atomic E-state index is 0.228. The summed E-state index contributed by atoms with van der Waals surface area (Å²) in [5.74, 6) is 0.758. The predicted octanol–water partition coefficient (Wildman–Crippen LogP) is 6.85. The van der Waals surface area contributed by atoms with Gasteiger partial charge in [0.05, 0.1) is 23.2 Å². The van der Waals surface area contributed by atoms with Crippen LogP contribution >= 0.6 is 22.6 Å². The van der Waals surface area contributed by atoms with Crippen LogP contribution in [0.25, 0.3) is 28.1 Å². The van der Waals surface area contributed by atoms with E-state index in [2.05, 4.69) is 83.9 Å². The summed E-state index contributed by atoms with van der Waals surface area (Å²) in [6.45, 7) is 6.98. The number of ether oxygens (including phenoxy) is 1. The second-order valence-corrected chi connectivity index (χ2v) is 9.20. The molecule has 32 heavy (non-hydrogen) atoms. The van der Waals surface area contributed by atoms with Crippen molar-refractivity contribution < 1.29 is 4.74 Å². The Hall–Kier alpha value is -2.80. The molecule has 162 valence electrons. The Bertz CT molecular complexity index is 1340. The van der Waals surface area contributed by atoms with E-state index in [4.69, 9.17) is 14.7 Å². The molecule has 0 aliphatic heterocycles. The molecule has 0 atom stereocenters. The van der Waals surface area contributed by atoms with E-state index in [0.29, 0.717) is 6.61 Å². The van der Waals surface area contributed by atoms with Gasteiger partial charge in [-0.1, -0.05) is 56.3 Å². The third-order valence-electron chi connectivity index (χ3n) is 5.64. The first-order chi connectivity index (χ1) is 15.5. The van der Waals surface area contributed by atoms with Crippen molar-refractivity contribution in [2.24, 2.45) is 4.99 Å². The Morgan fingerprint density at radius 2 is 1.69 bits per heavy atom. The fraction of sp³-hybridized carbons (Fsp3) is 0.222. The van der Waals surface area contributed by atoms with Crippen LogP contribution in [0, 0.1) is 3.57 Å². The Balaban J connectivity index is 1.79. The molecule has 4 nitrogen and oxygen atoms in total. The van der Waals surface area contributed by atoms with Gasteiger partial charge >= 0.3 is 0 Å². The van der Waals surface area contributed by atoms with E-state index in [9.17, 15) is 0 Å². The molecule has 0 aliphatic rings. The quantitative estimate of drug-likeness (QED) is 0.154. The van der Waals surface area contributed by atoms with Gasteiger partial charge in [0.25, 0.3) is 0 Å². The fourth-order valence-corrected chi connectivity index (χ4v) is 5.02. The molecule has 0 spiro atoms. The van der Waals surface area contributed by atoms with E-state index in [0.717, 1.165) is 39.1 Å². The highest BCUT2D eigenvalue weighted by atomic mass is 127. The number of hydrogen-bond donors (Lipinski definition) is 0. The normalized spacial score (nSPS) is 12.7. The molecule has 0 fully saturated rings. The SMILES string of the molecule is CCOc1cccc2nc3cccc(/C=C/C(=N\C)C(C)(C)c4ccccc4I)c3nc12. The van der Waals surface area contributed by atoms with Gasteiger partial charge in [-0.25, -0.2) is 9.97 Å². The maximum absolute atomic E-state index is 5.79. The van der Waals surface area contributed by atoms with Gasteiger partial charge in [-0.05, 0) is 65.4 Å². The van der Waals surface area contributed by atoms with Crippen molar-refractivity contribution in [2.75, 3.05) is 13.7 Å². The predicted molar refractivity (Wildman–Crippen MR) is 143 cm³/mol. The van der Waals surface area contributed by atoms with E-state index in [1.807, 2.05) is 44.3 Å². The van der Waals surface area contributed by atoms with Crippen LogP contribution in [0.5, 0.6) is 5.75 Å². The van der Waals surface area contributed by atoms with Crippen LogP contribution < -0.4 is 4.74 Å². The summed E-state index contributed by atoms with van der Waals surface area (Å²) in [7, 11) is 1.85. The van der Waals surface area contributed by atoms with E-state index >= 15 is 0 Å². The van der Waals surface area contributed by atoms with Crippen LogP contribution in [-0.2, 0) is 5.41 Å². The Labute approximate surface area is 202 Å². The summed E-state index contributed by atoms with van der Waals surface area (Å²) in [4.78, 5) is 14.4. The zero-order valence-electron chi connectivity index (χ0n) is 18.8. The zero-order chi connectivity index (χ0) is 22.7. The van der Waals surface area contributed by atoms with E-state index < -0.39 is 0 Å². The highest BCUT2D eigenvalue weighted by Crippen LogP contribution is 2.31. The maximum atomic E-state index is 5.79. The number of nitrogens with zero attached hydrogens (tertiary/aromatic N) is 3. The molecule has 0 radical (unpaired) electrons. The number of rotatable bonds is 6. The zero-order valence-corrected chi connectivity index (χ0v) is 20.9. The monoisotopic (exact) mass is 535 g/mol. The smallest absolute Gasteiger partial charge is 0.147 e. The number of para-hydroxylation sites is 2. The second-order valence-electron chi connectivity index (χ2n) is 8.04. The molecule has 3 aromatic carbocycles. The van der Waals surface area contributed by atoms with E-state index in [-0.39, 0.29) is 5.41 Å². The number of allylic oxidation sites excluding steroid dienone is 1. The molecule has 0 N–H and O–H groups in total. The molecule has 0 saturated heterocycles. The van der Waals surface area contributed by atoms with E-state index in [1.165, 1.54) is 9.13 Å². The van der Waals surface area contributed by atoms with Crippen molar-refractivity contribution in [3.63, 3.8) is 0 Å². The molecule has 1 aromatic heterocycles. The van der Waals surface area contributed by atoms with Crippen molar-refractivity contribution in [1.29, 1.82) is 0 Å². The van der Waals surface area contributed by atoms with Crippen molar-refractivity contribution >= 4 is 56.4 Å². The van der Waals surface area contributed by atoms with Crippen molar-refractivity contribution in [1.82, 2.24) is 9.97 Å². The summed E-state index contributed by atoms with van der Waals surface area (Å²) in [5, 5.41) is 0. The molecule has 0 unspecified atom stereocenters. The minimum atomic E-state index is -0.228. The summed E-state index contributed by atoms with van der Waals surface area (Å²) in [6, 6.07) is 20.4. The van der Waals surface area contributed by atoms with Gasteiger partial charge in [0.1, 0.15) is 11.3 Å². The highest BCUT2D eigenvalue weighted by molar-refractivity contribution is 14.1. The van der Waals surface area contributed by atoms with Crippen LogP contribution in [0.15, 0.2) is 71.7 Å². The molecule has 0 saturated carbocycles. The van der Waals surface area contributed by atoms with Crippen molar-refractivity contribution in [2.45, 2.75) is 26.2 Å². The number of aromatic nitrogens is 2. The summed E-state index contributed by atoms with van der Waals surface area (Å²) in [6.07, 6.45) is 4.18. The van der Waals surface area contributed by atoms with Crippen LogP contribution in [0.4, 0.5) is 0 Å². The number of aliphatic imine (C=N–C) groups is 1. The lowest BCUT2D eigenvalue weighted by molar-refractivity contribution is 0.343. The van der Waals surface area contributed by atoms with Gasteiger partial charge in [-0.3, -0.25) is 4.99 Å². The van der Waals surface area contributed by atoms with Crippen LogP contribution in [-0.4, -0.2) is 29.3 Å². The van der Waals surface area contributed by atoms with Crippen molar-refractivity contribution in [3.8, 4) is 5.75 Å². The standard InChI is InChI=1S/C27H26IN3O/c1-5-32-23-15-9-14-22-26(23)31-25-18(10-8-13-21(25)30-22)16-17-24(29-4)27(2,3)19-11-6-7-12-20(19)28/h6-17H,5H2,1-4H3/b17-16+,29-24+. The molecular weight excluding hydrogens is 509 g/mol. The third-order valence-corrected chi connectivity index (χ3v) is 6.58. The summed E-state index contributed by atoms with van der Waals surface area (Å²) < 4.78 is 7.02. The van der Waals surface area contributed by atoms with Gasteiger partial charge in [-0.15, -0.1) is 0 Å². The maximum Gasteiger partial charge on any atom is 0.147 e. The van der Waals surface area contributed by atoms with Crippen LogP contribution in [0.1, 0.15) is 31.9 Å². The lowest BCUT2D eigenvalue weighted by Gasteiger charge is -2.27. The Morgan fingerprint density at radius 1 is 0.969 bits per heavy atom. The average Bonchev–Trinajstić information content (AvgIpc) is 2.79. The summed E-state index contributed by atoms with van der Waals surface area (Å²) >= 11 is 2.40. The Morgan fingerprint density at radius 3 is 2.41 bits per heavy atom. The fourth-order valence-electron chi connectivity index (χ4n) is 3.96. The summed E-state index contributed by atoms with van der Waals surface area (Å²) in [5.41, 5.74) is 6.37. The number of hydrogen-bond acceptors (Lipinski definition) is 4. The largest absolute Gasteiger partial charge is 0.492 e. The third kappa shape index (κ3) is 4.26. The number of halogens is 1. The average molecular weight is 535 g/mol. The first-order valence-electron chi connectivity index (χ1n) is 10.7. The molecule has 0 bridgehead atoms. The van der Waals surface area contributed by atoms with Gasteiger partial charge in [-0.2, -0.15) is 0 Å². The van der Waals surface area contributed by atoms with E-state index in [1.54, 1.807) is 0 Å². The molecule has 0 amide bonds. The number of benzene rings is 3. The molecule has 5 heteroatoms. The molecule has 1 heterocycles. The molecule has 0 aliphatic carbocycles. The van der Waals surface area contributed by atoms with Crippen molar-refractivity contribution in [3.05, 3.63) is 81.4 Å². The van der Waals surface area contributed by atoms with Gasteiger partial charge in [0, 0.05) is 27.3 Å². The van der Waals surface area contributed by atoms with Crippen LogP contribution in [0.2, 0.25) is 0 Å².